The van der Waals surface area contributed by atoms with Crippen molar-refractivity contribution >= 4 is 17.8 Å². The minimum Gasteiger partial charge on any atom is -0.463 e. The highest BCUT2D eigenvalue weighted by atomic mass is 16.7. The van der Waals surface area contributed by atoms with E-state index in [9.17, 15) is 14.4 Å². The van der Waals surface area contributed by atoms with Gasteiger partial charge in [-0.1, -0.05) is 0 Å². The first-order valence-electron chi connectivity index (χ1n) is 6.59. The van der Waals surface area contributed by atoms with Crippen molar-refractivity contribution < 1.29 is 33.3 Å². The average molecular weight is 303 g/mol. The number of amides is 1. The van der Waals surface area contributed by atoms with Crippen LogP contribution >= 0.6 is 0 Å². The maximum Gasteiger partial charge on any atom is 0.303 e. The van der Waals surface area contributed by atoms with Gasteiger partial charge in [-0.25, -0.2) is 0 Å². The fourth-order valence-corrected chi connectivity index (χ4v) is 2.17. The quantitative estimate of drug-likeness (QED) is 0.699. The van der Waals surface area contributed by atoms with Crippen LogP contribution in [0.3, 0.4) is 0 Å². The topological polar surface area (TPSA) is 100 Å². The number of rotatable bonds is 5. The first kappa shape index (κ1) is 17.4. The lowest BCUT2D eigenvalue weighted by molar-refractivity contribution is -0.237. The lowest BCUT2D eigenvalue weighted by Gasteiger charge is -2.40. The zero-order valence-corrected chi connectivity index (χ0v) is 12.6. The predicted octanol–water partition coefficient (Wildman–Crippen LogP) is -0.253. The Balaban J connectivity index is 2.87. The van der Waals surface area contributed by atoms with Gasteiger partial charge in [-0.05, 0) is 0 Å². The molecule has 21 heavy (non-hydrogen) atoms. The molecule has 1 saturated heterocycles. The molecule has 4 atom stereocenters. The number of hydrogen-bond donors (Lipinski definition) is 1. The van der Waals surface area contributed by atoms with E-state index in [0.29, 0.717) is 6.42 Å². The standard InChI is InChI=1S/C13H21NO7/c1-7(15)14-10-5-12(18-4)21-11(6-19-8(2)16)13(10)20-9(3)17/h10-13H,5-6H2,1-4H3,(H,14,15)/t10-,11+,12-,13+/m0/s1. The van der Waals surface area contributed by atoms with Gasteiger partial charge in [0, 0.05) is 34.3 Å². The predicted molar refractivity (Wildman–Crippen MR) is 70.1 cm³/mol. The van der Waals surface area contributed by atoms with Gasteiger partial charge in [-0.3, -0.25) is 14.4 Å². The molecule has 0 unspecified atom stereocenters. The minimum absolute atomic E-state index is 0.0940. The van der Waals surface area contributed by atoms with Gasteiger partial charge in [-0.2, -0.15) is 0 Å². The Bertz CT molecular complexity index is 398. The number of nitrogens with one attached hydrogen (secondary N) is 1. The van der Waals surface area contributed by atoms with E-state index >= 15 is 0 Å². The minimum atomic E-state index is -0.753. The molecule has 0 spiro atoms. The Kier molecular flexibility index (Phi) is 6.57. The van der Waals surface area contributed by atoms with Gasteiger partial charge < -0.3 is 24.3 Å². The van der Waals surface area contributed by atoms with Gasteiger partial charge in [0.2, 0.25) is 5.91 Å². The largest absolute Gasteiger partial charge is 0.463 e. The van der Waals surface area contributed by atoms with Crippen molar-refractivity contribution in [2.24, 2.45) is 0 Å². The first-order valence-corrected chi connectivity index (χ1v) is 6.59. The lowest BCUT2D eigenvalue weighted by atomic mass is 9.98. The zero-order chi connectivity index (χ0) is 16.0. The Morgan fingerprint density at radius 2 is 1.86 bits per heavy atom. The van der Waals surface area contributed by atoms with E-state index in [-0.39, 0.29) is 12.5 Å². The molecule has 0 aromatic heterocycles. The van der Waals surface area contributed by atoms with Crippen LogP contribution in [-0.4, -0.2) is 56.1 Å². The summed E-state index contributed by atoms with van der Waals surface area (Å²) >= 11 is 0. The number of carbonyl (C=O) groups is 3. The van der Waals surface area contributed by atoms with E-state index in [4.69, 9.17) is 18.9 Å². The van der Waals surface area contributed by atoms with Crippen LogP contribution in [0.25, 0.3) is 0 Å². The number of esters is 2. The molecule has 0 aromatic carbocycles. The van der Waals surface area contributed by atoms with E-state index in [1.807, 2.05) is 0 Å². The molecule has 0 radical (unpaired) electrons. The second-order valence-corrected chi connectivity index (χ2v) is 4.76. The second-order valence-electron chi connectivity index (χ2n) is 4.76. The maximum atomic E-state index is 11.3. The molecule has 1 amide bonds. The molecule has 120 valence electrons. The van der Waals surface area contributed by atoms with Crippen molar-refractivity contribution in [1.82, 2.24) is 5.32 Å². The summed E-state index contributed by atoms with van der Waals surface area (Å²) in [4.78, 5) is 33.5. The lowest BCUT2D eigenvalue weighted by Crippen LogP contribution is -2.58. The summed E-state index contributed by atoms with van der Waals surface area (Å²) in [6.07, 6.45) is -1.73. The molecule has 0 saturated carbocycles. The van der Waals surface area contributed by atoms with Crippen molar-refractivity contribution in [3.63, 3.8) is 0 Å². The number of methoxy groups -OCH3 is 1. The SMILES string of the molecule is CO[C@@H]1C[C@H](NC(C)=O)[C@@H](OC(C)=O)[C@@H](COC(C)=O)O1. The normalized spacial score (nSPS) is 28.6. The molecule has 1 heterocycles. The van der Waals surface area contributed by atoms with Crippen LogP contribution in [0.5, 0.6) is 0 Å². The molecule has 1 aliphatic heterocycles. The number of ether oxygens (including phenoxy) is 4. The van der Waals surface area contributed by atoms with Gasteiger partial charge in [0.25, 0.3) is 0 Å². The summed E-state index contributed by atoms with van der Waals surface area (Å²) in [5, 5.41) is 2.70. The van der Waals surface area contributed by atoms with Crippen molar-refractivity contribution in [3.8, 4) is 0 Å². The van der Waals surface area contributed by atoms with E-state index in [2.05, 4.69) is 5.32 Å². The number of carbonyl (C=O) groups excluding carboxylic acids is 3. The summed E-state index contributed by atoms with van der Waals surface area (Å²) < 4.78 is 20.9. The van der Waals surface area contributed by atoms with E-state index < -0.39 is 36.5 Å². The van der Waals surface area contributed by atoms with E-state index in [0.717, 1.165) is 0 Å². The molecule has 0 aliphatic carbocycles. The second kappa shape index (κ2) is 7.94. The summed E-state index contributed by atoms with van der Waals surface area (Å²) in [7, 11) is 1.46. The molecular formula is C13H21NO7. The van der Waals surface area contributed by atoms with E-state index in [1.54, 1.807) is 0 Å². The van der Waals surface area contributed by atoms with Crippen LogP contribution in [0.2, 0.25) is 0 Å². The average Bonchev–Trinajstić information content (AvgIpc) is 2.37. The van der Waals surface area contributed by atoms with Gasteiger partial charge in [0.05, 0.1) is 6.04 Å². The summed E-state index contributed by atoms with van der Waals surface area (Å²) in [6, 6.07) is -0.481. The first-order chi connectivity index (χ1) is 9.83. The highest BCUT2D eigenvalue weighted by Gasteiger charge is 2.42. The third kappa shape index (κ3) is 5.68. The van der Waals surface area contributed by atoms with Crippen LogP contribution in [-0.2, 0) is 33.3 Å². The zero-order valence-electron chi connectivity index (χ0n) is 12.6. The third-order valence-corrected chi connectivity index (χ3v) is 2.94. The van der Waals surface area contributed by atoms with Gasteiger partial charge in [-0.15, -0.1) is 0 Å². The molecule has 8 heteroatoms. The molecule has 1 aliphatic rings. The Hall–Kier alpha value is -1.67. The molecule has 1 fully saturated rings. The highest BCUT2D eigenvalue weighted by molar-refractivity contribution is 5.73. The van der Waals surface area contributed by atoms with E-state index in [1.165, 1.54) is 27.9 Å². The van der Waals surface area contributed by atoms with Crippen molar-refractivity contribution in [1.29, 1.82) is 0 Å². The monoisotopic (exact) mass is 303 g/mol. The van der Waals surface area contributed by atoms with Crippen LogP contribution in [0.15, 0.2) is 0 Å². The molecule has 0 bridgehead atoms. The van der Waals surface area contributed by atoms with Crippen molar-refractivity contribution in [3.05, 3.63) is 0 Å². The fourth-order valence-electron chi connectivity index (χ4n) is 2.17. The number of hydrogen-bond acceptors (Lipinski definition) is 7. The van der Waals surface area contributed by atoms with Gasteiger partial charge in [0.15, 0.2) is 12.4 Å². The third-order valence-electron chi connectivity index (χ3n) is 2.94. The highest BCUT2D eigenvalue weighted by Crippen LogP contribution is 2.24. The maximum absolute atomic E-state index is 11.3. The Morgan fingerprint density at radius 3 is 2.33 bits per heavy atom. The van der Waals surface area contributed by atoms with Crippen LogP contribution in [0.4, 0.5) is 0 Å². The summed E-state index contributed by atoms with van der Waals surface area (Å²) in [5.41, 5.74) is 0. The molecule has 8 nitrogen and oxygen atoms in total. The van der Waals surface area contributed by atoms with Gasteiger partial charge in [0.1, 0.15) is 12.7 Å². The summed E-state index contributed by atoms with van der Waals surface area (Å²) in [6.45, 7) is 3.80. The van der Waals surface area contributed by atoms with Crippen molar-refractivity contribution in [2.45, 2.75) is 51.7 Å². The fraction of sp³-hybridized carbons (Fsp3) is 0.769. The molecular weight excluding hydrogens is 282 g/mol. The Morgan fingerprint density at radius 1 is 1.19 bits per heavy atom. The van der Waals surface area contributed by atoms with Crippen LogP contribution in [0, 0.1) is 0 Å². The van der Waals surface area contributed by atoms with Gasteiger partial charge >= 0.3 is 11.9 Å². The molecule has 0 aromatic rings. The smallest absolute Gasteiger partial charge is 0.303 e. The Labute approximate surface area is 123 Å². The van der Waals surface area contributed by atoms with Crippen molar-refractivity contribution in [2.75, 3.05) is 13.7 Å². The van der Waals surface area contributed by atoms with Crippen LogP contribution < -0.4 is 5.32 Å². The molecule has 1 N–H and O–H groups in total. The van der Waals surface area contributed by atoms with Crippen LogP contribution in [0.1, 0.15) is 27.2 Å². The molecule has 1 rings (SSSR count). The summed E-state index contributed by atoms with van der Waals surface area (Å²) in [5.74, 6) is -1.25.